The second-order valence-corrected chi connectivity index (χ2v) is 2.38. The monoisotopic (exact) mass is 198 g/mol. The number of hydrogen-bond acceptors (Lipinski definition) is 3. The van der Waals surface area contributed by atoms with Crippen molar-refractivity contribution in [2.45, 2.75) is 4.51 Å². The largest absolute Gasteiger partial charge is 0.478 e. The number of carboxylic acids is 2. The minimum absolute atomic E-state index is 1.85. The Morgan fingerprint density at radius 1 is 1.22 bits per heavy atom. The van der Waals surface area contributed by atoms with Gasteiger partial charge in [0.25, 0.3) is 0 Å². The molecular formula is C3H3BrO5. The molecule has 0 saturated carbocycles. The minimum Gasteiger partial charge on any atom is -0.478 e. The van der Waals surface area contributed by atoms with Crippen molar-refractivity contribution in [3.05, 3.63) is 0 Å². The summed E-state index contributed by atoms with van der Waals surface area (Å²) in [4.78, 5) is 19.6. The molecule has 0 radical (unpaired) electrons. The zero-order chi connectivity index (χ0) is 7.65. The summed E-state index contributed by atoms with van der Waals surface area (Å²) < 4.78 is -2.85. The summed E-state index contributed by atoms with van der Waals surface area (Å²) in [6, 6.07) is 0. The van der Waals surface area contributed by atoms with Crippen LogP contribution in [0.2, 0.25) is 0 Å². The van der Waals surface area contributed by atoms with Crippen LogP contribution in [0.1, 0.15) is 0 Å². The van der Waals surface area contributed by atoms with E-state index in [0.29, 0.717) is 0 Å². The molecule has 0 amide bonds. The zero-order valence-electron chi connectivity index (χ0n) is 4.04. The van der Waals surface area contributed by atoms with Crippen molar-refractivity contribution in [2.75, 3.05) is 0 Å². The third-order valence-electron chi connectivity index (χ3n) is 0.567. The normalized spacial score (nSPS) is 10.9. The molecular weight excluding hydrogens is 196 g/mol. The van der Waals surface area contributed by atoms with E-state index >= 15 is 0 Å². The van der Waals surface area contributed by atoms with Crippen molar-refractivity contribution in [3.63, 3.8) is 0 Å². The van der Waals surface area contributed by atoms with E-state index < -0.39 is 16.4 Å². The number of aliphatic hydroxyl groups is 1. The quantitative estimate of drug-likeness (QED) is 0.401. The van der Waals surface area contributed by atoms with E-state index in [4.69, 9.17) is 15.3 Å². The van der Waals surface area contributed by atoms with Crippen molar-refractivity contribution >= 4 is 27.9 Å². The van der Waals surface area contributed by atoms with Gasteiger partial charge in [0.05, 0.1) is 0 Å². The molecule has 0 bridgehead atoms. The van der Waals surface area contributed by atoms with Crippen molar-refractivity contribution in [3.8, 4) is 0 Å². The molecule has 6 heteroatoms. The molecule has 0 spiro atoms. The van der Waals surface area contributed by atoms with E-state index in [9.17, 15) is 9.59 Å². The standard InChI is InChI=1S/C3H3BrO5/c4-3(9,1(5)6)2(7)8/h9H,(H,5,6)(H,7,8). The van der Waals surface area contributed by atoms with Crippen LogP contribution < -0.4 is 0 Å². The van der Waals surface area contributed by atoms with Gasteiger partial charge in [0, 0.05) is 0 Å². The smallest absolute Gasteiger partial charge is 0.359 e. The third kappa shape index (κ3) is 1.65. The highest BCUT2D eigenvalue weighted by Gasteiger charge is 2.41. The molecule has 52 valence electrons. The lowest BCUT2D eigenvalue weighted by molar-refractivity contribution is -0.164. The number of aliphatic carboxylic acids is 2. The first-order valence-electron chi connectivity index (χ1n) is 1.77. The van der Waals surface area contributed by atoms with Gasteiger partial charge in [-0.15, -0.1) is 0 Å². The fourth-order valence-corrected chi connectivity index (χ4v) is 0.0915. The summed E-state index contributed by atoms with van der Waals surface area (Å²) in [7, 11) is 0. The summed E-state index contributed by atoms with van der Waals surface area (Å²) in [6.07, 6.45) is 0. The van der Waals surface area contributed by atoms with Gasteiger partial charge in [-0.25, -0.2) is 9.59 Å². The lowest BCUT2D eigenvalue weighted by Gasteiger charge is -2.07. The molecule has 0 heterocycles. The summed E-state index contributed by atoms with van der Waals surface area (Å²) in [5.41, 5.74) is 0. The molecule has 0 aliphatic heterocycles. The Hall–Kier alpha value is -0.620. The Balaban J connectivity index is 4.38. The molecule has 3 N–H and O–H groups in total. The minimum atomic E-state index is -2.85. The first-order valence-corrected chi connectivity index (χ1v) is 2.56. The zero-order valence-corrected chi connectivity index (χ0v) is 5.62. The van der Waals surface area contributed by atoms with Crippen LogP contribution in [0, 0.1) is 0 Å². The molecule has 0 unspecified atom stereocenters. The van der Waals surface area contributed by atoms with Crippen molar-refractivity contribution < 1.29 is 24.9 Å². The predicted octanol–water partition coefficient (Wildman–Crippen LogP) is -0.761. The average Bonchev–Trinajstić information content (AvgIpc) is 1.65. The topological polar surface area (TPSA) is 94.8 Å². The summed E-state index contributed by atoms with van der Waals surface area (Å²) in [5.74, 6) is -3.70. The van der Waals surface area contributed by atoms with Crippen LogP contribution in [0.5, 0.6) is 0 Å². The van der Waals surface area contributed by atoms with E-state index in [2.05, 4.69) is 15.9 Å². The van der Waals surface area contributed by atoms with Crippen LogP contribution in [0.4, 0.5) is 0 Å². The summed E-state index contributed by atoms with van der Waals surface area (Å²) >= 11 is 2.07. The van der Waals surface area contributed by atoms with Crippen molar-refractivity contribution in [2.24, 2.45) is 0 Å². The average molecular weight is 199 g/mol. The fourth-order valence-electron chi connectivity index (χ4n) is 0.0915. The maximum Gasteiger partial charge on any atom is 0.359 e. The van der Waals surface area contributed by atoms with Gasteiger partial charge in [-0.05, 0) is 15.9 Å². The Morgan fingerprint density at radius 3 is 1.44 bits per heavy atom. The first kappa shape index (κ1) is 8.38. The molecule has 5 nitrogen and oxygen atoms in total. The molecule has 0 atom stereocenters. The lowest BCUT2D eigenvalue weighted by atomic mass is 10.4. The van der Waals surface area contributed by atoms with Gasteiger partial charge in [-0.3, -0.25) is 0 Å². The van der Waals surface area contributed by atoms with Crippen molar-refractivity contribution in [1.82, 2.24) is 0 Å². The number of alkyl halides is 1. The SMILES string of the molecule is O=C(O)C(O)(Br)C(=O)O. The highest BCUT2D eigenvalue weighted by atomic mass is 79.9. The third-order valence-corrected chi connectivity index (χ3v) is 1.25. The number of carboxylic acid groups (broad SMARTS) is 2. The Kier molecular flexibility index (Phi) is 2.16. The van der Waals surface area contributed by atoms with E-state index in [1.165, 1.54) is 0 Å². The molecule has 9 heavy (non-hydrogen) atoms. The van der Waals surface area contributed by atoms with Crippen LogP contribution >= 0.6 is 15.9 Å². The van der Waals surface area contributed by atoms with Crippen LogP contribution in [0.25, 0.3) is 0 Å². The predicted molar refractivity (Wildman–Crippen MR) is 29.1 cm³/mol. The van der Waals surface area contributed by atoms with Gasteiger partial charge in [0.2, 0.25) is 0 Å². The van der Waals surface area contributed by atoms with Gasteiger partial charge >= 0.3 is 16.4 Å². The molecule has 0 aliphatic carbocycles. The molecule has 0 aromatic carbocycles. The van der Waals surface area contributed by atoms with E-state index in [1.807, 2.05) is 0 Å². The molecule has 0 fully saturated rings. The van der Waals surface area contributed by atoms with Crippen molar-refractivity contribution in [1.29, 1.82) is 0 Å². The molecule has 0 aromatic rings. The highest BCUT2D eigenvalue weighted by molar-refractivity contribution is 9.10. The molecule has 0 aliphatic rings. The first-order chi connectivity index (χ1) is 3.89. The molecule has 0 aromatic heterocycles. The maximum absolute atomic E-state index is 9.78. The van der Waals surface area contributed by atoms with Crippen LogP contribution in [-0.4, -0.2) is 31.8 Å². The van der Waals surface area contributed by atoms with E-state index in [1.54, 1.807) is 0 Å². The number of carbonyl (C=O) groups is 2. The second kappa shape index (κ2) is 2.32. The Labute approximate surface area is 58.0 Å². The van der Waals surface area contributed by atoms with Crippen LogP contribution in [-0.2, 0) is 9.59 Å². The van der Waals surface area contributed by atoms with Gasteiger partial charge < -0.3 is 15.3 Å². The summed E-state index contributed by atoms with van der Waals surface area (Å²) in [5, 5.41) is 24.3. The van der Waals surface area contributed by atoms with Gasteiger partial charge in [0.1, 0.15) is 0 Å². The van der Waals surface area contributed by atoms with Gasteiger partial charge in [0.15, 0.2) is 0 Å². The molecule has 0 saturated heterocycles. The Morgan fingerprint density at radius 2 is 1.44 bits per heavy atom. The van der Waals surface area contributed by atoms with E-state index in [-0.39, 0.29) is 0 Å². The van der Waals surface area contributed by atoms with E-state index in [0.717, 1.165) is 0 Å². The van der Waals surface area contributed by atoms with Crippen LogP contribution in [0.15, 0.2) is 0 Å². The molecule has 0 rings (SSSR count). The fraction of sp³-hybridized carbons (Fsp3) is 0.333. The lowest BCUT2D eigenvalue weighted by Crippen LogP contribution is -2.39. The summed E-state index contributed by atoms with van der Waals surface area (Å²) in [6.45, 7) is 0. The van der Waals surface area contributed by atoms with Crippen LogP contribution in [0.3, 0.4) is 0 Å². The maximum atomic E-state index is 9.78. The van der Waals surface area contributed by atoms with Gasteiger partial charge in [-0.2, -0.15) is 0 Å². The second-order valence-electron chi connectivity index (χ2n) is 1.23. The Bertz CT molecular complexity index is 134. The number of hydrogen-bond donors (Lipinski definition) is 3. The number of rotatable bonds is 2. The van der Waals surface area contributed by atoms with Gasteiger partial charge in [-0.1, -0.05) is 0 Å². The highest BCUT2D eigenvalue weighted by Crippen LogP contribution is 2.13. The number of halogens is 1.